The van der Waals surface area contributed by atoms with Gasteiger partial charge in [0.05, 0.1) is 6.54 Å². The molecule has 3 aromatic heterocycles. The van der Waals surface area contributed by atoms with Gasteiger partial charge in [0.1, 0.15) is 10.5 Å². The lowest BCUT2D eigenvalue weighted by Gasteiger charge is -2.33. The molecule has 0 spiro atoms. The molecule has 1 aliphatic heterocycles. The SMILES string of the molecule is CC(C)(C)NS(=O)(=O)c1cncc(-c2ccc3nc(NC(=O)NCC(=O)NC4CCN(C(=O)OC(C)(C)C)CC4)nn3c2)c1. The Hall–Kier alpha value is -4.31. The van der Waals surface area contributed by atoms with Gasteiger partial charge >= 0.3 is 12.1 Å². The van der Waals surface area contributed by atoms with Crippen LogP contribution in [0.4, 0.5) is 15.5 Å². The Morgan fingerprint density at radius 2 is 1.73 bits per heavy atom. The van der Waals surface area contributed by atoms with Crippen LogP contribution in [0, 0.1) is 0 Å². The minimum atomic E-state index is -3.78. The first-order valence-electron chi connectivity index (χ1n) is 14.2. The summed E-state index contributed by atoms with van der Waals surface area (Å²) in [6, 6.07) is 4.14. The molecule has 0 aliphatic carbocycles. The minimum Gasteiger partial charge on any atom is -0.444 e. The molecule has 0 atom stereocenters. The van der Waals surface area contributed by atoms with Gasteiger partial charge in [-0.1, -0.05) is 0 Å². The number of pyridine rings is 2. The highest BCUT2D eigenvalue weighted by Gasteiger charge is 2.27. The summed E-state index contributed by atoms with van der Waals surface area (Å²) < 4.78 is 34.9. The number of hydrogen-bond acceptors (Lipinski definition) is 9. The number of nitrogens with one attached hydrogen (secondary N) is 4. The van der Waals surface area contributed by atoms with Crippen molar-refractivity contribution in [3.05, 3.63) is 36.8 Å². The zero-order valence-electron chi connectivity index (χ0n) is 25.7. The first kappa shape index (κ1) is 32.6. The first-order valence-corrected chi connectivity index (χ1v) is 15.6. The molecule has 0 aromatic carbocycles. The summed E-state index contributed by atoms with van der Waals surface area (Å²) in [5.74, 6) is -0.350. The van der Waals surface area contributed by atoms with E-state index in [2.05, 4.69) is 35.7 Å². The van der Waals surface area contributed by atoms with Crippen LogP contribution in [0.5, 0.6) is 0 Å². The van der Waals surface area contributed by atoms with E-state index in [4.69, 9.17) is 4.74 Å². The quantitative estimate of drug-likeness (QED) is 0.304. The van der Waals surface area contributed by atoms with Crippen molar-refractivity contribution in [1.82, 2.24) is 39.8 Å². The number of fused-ring (bicyclic) bond motifs is 1. The molecular weight excluding hydrogens is 590 g/mol. The number of amides is 4. The lowest BCUT2D eigenvalue weighted by atomic mass is 10.1. The van der Waals surface area contributed by atoms with Crippen molar-refractivity contribution in [3.63, 3.8) is 0 Å². The van der Waals surface area contributed by atoms with Gasteiger partial charge in [-0.05, 0) is 72.6 Å². The molecule has 16 heteroatoms. The Bertz CT molecular complexity index is 1630. The number of ether oxygens (including phenoxy) is 1. The van der Waals surface area contributed by atoms with Crippen molar-refractivity contribution in [2.24, 2.45) is 0 Å². The van der Waals surface area contributed by atoms with E-state index < -0.39 is 27.2 Å². The summed E-state index contributed by atoms with van der Waals surface area (Å²) in [5, 5.41) is 12.1. The fraction of sp³-hybridized carbons (Fsp3) is 0.500. The highest BCUT2D eigenvalue weighted by atomic mass is 32.2. The van der Waals surface area contributed by atoms with E-state index in [-0.39, 0.29) is 35.4 Å². The van der Waals surface area contributed by atoms with Crippen molar-refractivity contribution in [2.45, 2.75) is 76.5 Å². The standard InChI is InChI=1S/C28H39N9O6S/c1-27(2,3)35-44(41,42)21-13-19(14-29-15-21)18-7-8-22-32-24(34-37(22)17-18)33-25(39)30-16-23(38)31-20-9-11-36(12-10-20)26(40)43-28(4,5)6/h7-8,13-15,17,20,35H,9-12,16H2,1-6H3,(H,31,38)(H2,30,33,34,39). The number of likely N-dealkylation sites (tertiary alicyclic amines) is 1. The van der Waals surface area contributed by atoms with Crippen LogP contribution in [0.3, 0.4) is 0 Å². The number of urea groups is 1. The molecule has 0 unspecified atom stereocenters. The summed E-state index contributed by atoms with van der Waals surface area (Å²) in [4.78, 5) is 47.0. The van der Waals surface area contributed by atoms with Gasteiger partial charge in [-0.25, -0.2) is 27.2 Å². The molecule has 15 nitrogen and oxygen atoms in total. The van der Waals surface area contributed by atoms with Crippen LogP contribution in [0.25, 0.3) is 16.8 Å². The zero-order valence-corrected chi connectivity index (χ0v) is 26.5. The molecule has 4 rings (SSSR count). The smallest absolute Gasteiger partial charge is 0.410 e. The Kier molecular flexibility index (Phi) is 9.44. The van der Waals surface area contributed by atoms with E-state index in [1.807, 2.05) is 20.8 Å². The van der Waals surface area contributed by atoms with E-state index in [1.165, 1.54) is 23.0 Å². The van der Waals surface area contributed by atoms with Gasteiger partial charge in [0, 0.05) is 54.4 Å². The number of nitrogens with zero attached hydrogens (tertiary/aromatic N) is 5. The Balaban J connectivity index is 1.29. The number of sulfonamides is 1. The van der Waals surface area contributed by atoms with E-state index in [1.54, 1.807) is 44.0 Å². The van der Waals surface area contributed by atoms with Crippen LogP contribution >= 0.6 is 0 Å². The third kappa shape index (κ3) is 9.09. The van der Waals surface area contributed by atoms with Gasteiger partial charge in [-0.3, -0.25) is 15.1 Å². The largest absolute Gasteiger partial charge is 0.444 e. The van der Waals surface area contributed by atoms with E-state index in [9.17, 15) is 22.8 Å². The average molecular weight is 630 g/mol. The number of aromatic nitrogens is 4. The molecule has 4 N–H and O–H groups in total. The number of anilines is 1. The highest BCUT2D eigenvalue weighted by Crippen LogP contribution is 2.23. The topological polar surface area (TPSA) is 189 Å². The van der Waals surface area contributed by atoms with Gasteiger partial charge in [-0.2, -0.15) is 4.98 Å². The lowest BCUT2D eigenvalue weighted by molar-refractivity contribution is -0.121. The van der Waals surface area contributed by atoms with Crippen LogP contribution in [0.15, 0.2) is 41.7 Å². The monoisotopic (exact) mass is 629 g/mol. The van der Waals surface area contributed by atoms with E-state index in [0.717, 1.165) is 0 Å². The maximum Gasteiger partial charge on any atom is 0.410 e. The fourth-order valence-electron chi connectivity index (χ4n) is 4.41. The summed E-state index contributed by atoms with van der Waals surface area (Å²) in [6.45, 7) is 11.4. The van der Waals surface area contributed by atoms with Crippen molar-refractivity contribution in [1.29, 1.82) is 0 Å². The first-order chi connectivity index (χ1) is 20.5. The normalized spacial score (nSPS) is 14.7. The second kappa shape index (κ2) is 12.7. The summed E-state index contributed by atoms with van der Waals surface area (Å²) in [5.41, 5.74) is 0.388. The second-order valence-corrected chi connectivity index (χ2v) is 14.2. The third-order valence-corrected chi connectivity index (χ3v) is 8.00. The zero-order chi connectivity index (χ0) is 32.3. The van der Waals surface area contributed by atoms with Crippen LogP contribution in [-0.4, -0.2) is 87.7 Å². The van der Waals surface area contributed by atoms with Gasteiger partial charge in [0.25, 0.3) is 5.95 Å². The fourth-order valence-corrected chi connectivity index (χ4v) is 5.82. The number of piperidine rings is 1. The predicted molar refractivity (Wildman–Crippen MR) is 162 cm³/mol. The predicted octanol–water partition coefficient (Wildman–Crippen LogP) is 2.51. The Morgan fingerprint density at radius 3 is 2.39 bits per heavy atom. The molecule has 238 valence electrons. The lowest BCUT2D eigenvalue weighted by Crippen LogP contribution is -2.49. The molecule has 4 amide bonds. The molecule has 1 fully saturated rings. The van der Waals surface area contributed by atoms with Crippen LogP contribution in [0.1, 0.15) is 54.4 Å². The number of rotatable bonds is 7. The van der Waals surface area contributed by atoms with Crippen LogP contribution < -0.4 is 20.7 Å². The summed E-state index contributed by atoms with van der Waals surface area (Å²) >= 11 is 0. The summed E-state index contributed by atoms with van der Waals surface area (Å²) in [7, 11) is -3.78. The second-order valence-electron chi connectivity index (χ2n) is 12.5. The van der Waals surface area contributed by atoms with E-state index in [0.29, 0.717) is 42.7 Å². The van der Waals surface area contributed by atoms with Crippen molar-refractivity contribution in [3.8, 4) is 11.1 Å². The number of hydrogen-bond donors (Lipinski definition) is 4. The van der Waals surface area contributed by atoms with Gasteiger partial charge in [-0.15, -0.1) is 5.10 Å². The summed E-state index contributed by atoms with van der Waals surface area (Å²) in [6.07, 6.45) is 5.24. The molecule has 0 radical (unpaired) electrons. The van der Waals surface area contributed by atoms with Gasteiger partial charge in [0.15, 0.2) is 5.65 Å². The van der Waals surface area contributed by atoms with Crippen molar-refractivity contribution < 1.29 is 27.5 Å². The maximum absolute atomic E-state index is 12.8. The average Bonchev–Trinajstić information content (AvgIpc) is 3.31. The van der Waals surface area contributed by atoms with Gasteiger partial charge in [0.2, 0.25) is 15.9 Å². The molecule has 1 aliphatic rings. The number of carbonyl (C=O) groups excluding carboxylic acids is 3. The van der Waals surface area contributed by atoms with Crippen LogP contribution in [-0.2, 0) is 19.6 Å². The molecule has 1 saturated heterocycles. The molecular formula is C28H39N9O6S. The highest BCUT2D eigenvalue weighted by molar-refractivity contribution is 7.89. The Labute approximate surface area is 256 Å². The molecule has 4 heterocycles. The van der Waals surface area contributed by atoms with Gasteiger partial charge < -0.3 is 20.3 Å². The third-order valence-electron chi connectivity index (χ3n) is 6.27. The van der Waals surface area contributed by atoms with Crippen LogP contribution in [0.2, 0.25) is 0 Å². The Morgan fingerprint density at radius 1 is 1.02 bits per heavy atom. The maximum atomic E-state index is 12.8. The molecule has 0 bridgehead atoms. The molecule has 44 heavy (non-hydrogen) atoms. The molecule has 0 saturated carbocycles. The van der Waals surface area contributed by atoms with Crippen molar-refractivity contribution >= 4 is 39.7 Å². The number of carbonyl (C=O) groups is 3. The molecule has 3 aromatic rings. The minimum absolute atomic E-state index is 0.0124. The van der Waals surface area contributed by atoms with Crippen molar-refractivity contribution in [2.75, 3.05) is 25.0 Å². The van der Waals surface area contributed by atoms with E-state index >= 15 is 0 Å².